The van der Waals surface area contributed by atoms with Crippen molar-refractivity contribution in [3.05, 3.63) is 70.8 Å². The Kier molecular flexibility index (Phi) is 7.34. The van der Waals surface area contributed by atoms with Crippen molar-refractivity contribution in [3.8, 4) is 0 Å². The molecule has 0 radical (unpaired) electrons. The van der Waals surface area contributed by atoms with Crippen LogP contribution in [-0.2, 0) is 34.0 Å². The largest absolute Gasteiger partial charge is 0.416 e. The minimum Gasteiger partial charge on any atom is -0.359 e. The predicted octanol–water partition coefficient (Wildman–Crippen LogP) is 6.34. The molecule has 0 aromatic heterocycles. The molecule has 2 N–H and O–H groups in total. The zero-order valence-corrected chi connectivity index (χ0v) is 20.7. The molecule has 5 rings (SSSR count). The highest BCUT2D eigenvalue weighted by Gasteiger charge is 2.53. The van der Waals surface area contributed by atoms with Crippen LogP contribution in [0.4, 0.5) is 26.3 Å². The van der Waals surface area contributed by atoms with Crippen molar-refractivity contribution in [1.29, 1.82) is 0 Å². The van der Waals surface area contributed by atoms with Gasteiger partial charge in [0.2, 0.25) is 0 Å². The number of piperidine rings is 2. The Labute approximate surface area is 217 Å². The molecule has 4 nitrogen and oxygen atoms in total. The van der Waals surface area contributed by atoms with Gasteiger partial charge in [0, 0.05) is 12.0 Å². The lowest BCUT2D eigenvalue weighted by Crippen LogP contribution is -2.58. The van der Waals surface area contributed by atoms with Crippen LogP contribution in [0, 0.1) is 5.92 Å². The molecule has 38 heavy (non-hydrogen) atoms. The molecule has 3 aliphatic rings. The van der Waals surface area contributed by atoms with Crippen LogP contribution in [0.25, 0.3) is 0 Å². The number of carbonyl (C=O) groups excluding carboxylic acids is 1. The predicted molar refractivity (Wildman–Crippen MR) is 128 cm³/mol. The Balaban J connectivity index is 1.29. The zero-order valence-electron chi connectivity index (χ0n) is 20.7. The molecule has 1 unspecified atom stereocenters. The first kappa shape index (κ1) is 27.1. The maximum Gasteiger partial charge on any atom is 0.416 e. The molecule has 3 heterocycles. The van der Waals surface area contributed by atoms with E-state index in [0.29, 0.717) is 37.4 Å². The van der Waals surface area contributed by atoms with E-state index in [2.05, 4.69) is 10.6 Å². The van der Waals surface area contributed by atoms with Gasteiger partial charge in [-0.1, -0.05) is 30.3 Å². The van der Waals surface area contributed by atoms with Crippen molar-refractivity contribution >= 4 is 5.78 Å². The number of Topliss-reactive ketones (excluding diaryl/α,β-unsaturated/α-hetero) is 1. The Hall–Kier alpha value is -2.43. The Morgan fingerprint density at radius 1 is 0.895 bits per heavy atom. The third-order valence-corrected chi connectivity index (χ3v) is 8.17. The number of benzene rings is 2. The number of fused-ring (bicyclic) bond motifs is 2. The normalized spacial score (nSPS) is 29.8. The summed E-state index contributed by atoms with van der Waals surface area (Å²) in [4.78, 5) is 13.8. The van der Waals surface area contributed by atoms with E-state index < -0.39 is 47.9 Å². The monoisotopic (exact) mass is 540 g/mol. The van der Waals surface area contributed by atoms with Crippen LogP contribution in [0.5, 0.6) is 0 Å². The number of alkyl halides is 6. The number of hydrogen-bond acceptors (Lipinski definition) is 4. The summed E-state index contributed by atoms with van der Waals surface area (Å²) >= 11 is 0. The fourth-order valence-corrected chi connectivity index (χ4v) is 6.36. The zero-order chi connectivity index (χ0) is 27.1. The van der Waals surface area contributed by atoms with E-state index in [9.17, 15) is 31.1 Å². The van der Waals surface area contributed by atoms with Gasteiger partial charge in [-0.2, -0.15) is 26.3 Å². The summed E-state index contributed by atoms with van der Waals surface area (Å²) < 4.78 is 84.9. The molecule has 0 amide bonds. The van der Waals surface area contributed by atoms with E-state index in [1.165, 1.54) is 0 Å². The molecular weight excluding hydrogens is 510 g/mol. The second-order valence-corrected chi connectivity index (χ2v) is 10.6. The second kappa shape index (κ2) is 10.3. The summed E-state index contributed by atoms with van der Waals surface area (Å²) in [6.07, 6.45) is -5.19. The SMILES string of the molecule is O=C([C@H]1CCCC(OCc2cc(C(F)(F)F)cc(C(F)(F)F)c2)N1)[C@@H]1CC[C@H]2CC[C@@]1(c1ccccc1)N2. The standard InChI is InChI=1S/C28H30F6N2O2/c29-27(30,31)19-13-17(14-20(15-19)28(32,33)34)16-38-24-8-4-7-23(35-24)25(37)22-10-9-21-11-12-26(22,36-21)18-5-2-1-3-6-18/h1-3,5-6,13-15,21-24,35-36H,4,7-12,16H2/t21-,22-,23+,24?,26-/m0/s1. The molecule has 206 valence electrons. The first-order valence-electron chi connectivity index (χ1n) is 13.0. The lowest BCUT2D eigenvalue weighted by Gasteiger charge is -2.44. The van der Waals surface area contributed by atoms with Crippen molar-refractivity contribution < 1.29 is 35.9 Å². The third-order valence-electron chi connectivity index (χ3n) is 8.17. The first-order chi connectivity index (χ1) is 18.0. The molecule has 0 saturated carbocycles. The van der Waals surface area contributed by atoms with Crippen LogP contribution in [-0.4, -0.2) is 24.1 Å². The van der Waals surface area contributed by atoms with Crippen LogP contribution in [0.1, 0.15) is 67.2 Å². The molecule has 5 atom stereocenters. The van der Waals surface area contributed by atoms with Gasteiger partial charge in [0.1, 0.15) is 6.23 Å². The van der Waals surface area contributed by atoms with Gasteiger partial charge in [-0.25, -0.2) is 0 Å². The van der Waals surface area contributed by atoms with Crippen molar-refractivity contribution in [2.24, 2.45) is 5.92 Å². The van der Waals surface area contributed by atoms with E-state index in [4.69, 9.17) is 4.74 Å². The number of rotatable bonds is 6. The molecule has 3 aliphatic heterocycles. The minimum atomic E-state index is -4.92. The van der Waals surface area contributed by atoms with E-state index in [0.717, 1.165) is 31.2 Å². The topological polar surface area (TPSA) is 50.4 Å². The molecule has 3 fully saturated rings. The highest BCUT2D eigenvalue weighted by Crippen LogP contribution is 2.48. The minimum absolute atomic E-state index is 0.0772. The Morgan fingerprint density at radius 2 is 1.58 bits per heavy atom. The van der Waals surface area contributed by atoms with Crippen molar-refractivity contribution in [2.45, 2.75) is 87.8 Å². The van der Waals surface area contributed by atoms with Crippen LogP contribution < -0.4 is 10.6 Å². The lowest BCUT2D eigenvalue weighted by molar-refractivity contribution is -0.143. The van der Waals surface area contributed by atoms with Gasteiger partial charge in [-0.05, 0) is 74.3 Å². The summed E-state index contributed by atoms with van der Waals surface area (Å²) in [6.45, 7) is -0.438. The highest BCUT2D eigenvalue weighted by atomic mass is 19.4. The van der Waals surface area contributed by atoms with Gasteiger partial charge >= 0.3 is 12.4 Å². The number of hydrogen-bond donors (Lipinski definition) is 2. The van der Waals surface area contributed by atoms with Crippen LogP contribution >= 0.6 is 0 Å². The number of carbonyl (C=O) groups is 1. The van der Waals surface area contributed by atoms with E-state index >= 15 is 0 Å². The maximum absolute atomic E-state index is 13.8. The fraction of sp³-hybridized carbons (Fsp3) is 0.536. The summed E-state index contributed by atoms with van der Waals surface area (Å²) in [7, 11) is 0. The van der Waals surface area contributed by atoms with Crippen molar-refractivity contribution in [1.82, 2.24) is 10.6 Å². The van der Waals surface area contributed by atoms with Gasteiger partial charge in [0.15, 0.2) is 5.78 Å². The number of ether oxygens (including phenoxy) is 1. The first-order valence-corrected chi connectivity index (χ1v) is 13.0. The van der Waals surface area contributed by atoms with Gasteiger partial charge in [-0.15, -0.1) is 0 Å². The molecule has 2 aromatic rings. The highest BCUT2D eigenvalue weighted by molar-refractivity contribution is 5.88. The molecule has 2 aromatic carbocycles. The smallest absolute Gasteiger partial charge is 0.359 e. The van der Waals surface area contributed by atoms with Gasteiger partial charge < -0.3 is 10.1 Å². The molecule has 0 aliphatic carbocycles. The number of halogens is 6. The van der Waals surface area contributed by atoms with Crippen LogP contribution in [0.3, 0.4) is 0 Å². The fourth-order valence-electron chi connectivity index (χ4n) is 6.36. The van der Waals surface area contributed by atoms with E-state index in [1.54, 1.807) is 0 Å². The number of nitrogens with one attached hydrogen (secondary N) is 2. The summed E-state index contributed by atoms with van der Waals surface area (Å²) in [5.74, 6) is -0.161. The van der Waals surface area contributed by atoms with Gasteiger partial charge in [-0.3, -0.25) is 10.1 Å². The Morgan fingerprint density at radius 3 is 2.24 bits per heavy atom. The molecule has 10 heteroatoms. The van der Waals surface area contributed by atoms with E-state index in [1.807, 2.05) is 30.3 Å². The summed E-state index contributed by atoms with van der Waals surface area (Å²) in [6, 6.07) is 11.3. The molecule has 3 saturated heterocycles. The maximum atomic E-state index is 13.8. The van der Waals surface area contributed by atoms with Crippen molar-refractivity contribution in [2.75, 3.05) is 0 Å². The lowest BCUT2D eigenvalue weighted by atomic mass is 9.70. The van der Waals surface area contributed by atoms with Crippen molar-refractivity contribution in [3.63, 3.8) is 0 Å². The molecular formula is C28H30F6N2O2. The van der Waals surface area contributed by atoms with Gasteiger partial charge in [0.05, 0.1) is 29.3 Å². The van der Waals surface area contributed by atoms with E-state index in [-0.39, 0.29) is 23.3 Å². The summed E-state index contributed by atoms with van der Waals surface area (Å²) in [5.41, 5.74) is -2.31. The Bertz CT molecular complexity index is 1120. The third kappa shape index (κ3) is 5.49. The summed E-state index contributed by atoms with van der Waals surface area (Å²) in [5, 5.41) is 6.91. The second-order valence-electron chi connectivity index (χ2n) is 10.6. The van der Waals surface area contributed by atoms with Crippen LogP contribution in [0.15, 0.2) is 48.5 Å². The quantitative estimate of drug-likeness (QED) is 0.420. The average Bonchev–Trinajstić information content (AvgIpc) is 3.24. The molecule has 0 spiro atoms. The van der Waals surface area contributed by atoms with Crippen LogP contribution in [0.2, 0.25) is 0 Å². The molecule has 2 bridgehead atoms. The average molecular weight is 541 g/mol. The van der Waals surface area contributed by atoms with Gasteiger partial charge in [0.25, 0.3) is 0 Å². The number of ketones is 1.